The van der Waals surface area contributed by atoms with Gasteiger partial charge in [0.05, 0.1) is 0 Å². The highest BCUT2D eigenvalue weighted by Gasteiger charge is 2.25. The van der Waals surface area contributed by atoms with Crippen LogP contribution in [0.4, 0.5) is 0 Å². The van der Waals surface area contributed by atoms with E-state index >= 15 is 0 Å². The molecular weight excluding hydrogens is 122 g/mol. The molecule has 0 radical (unpaired) electrons. The van der Waals surface area contributed by atoms with E-state index in [0.717, 1.165) is 6.54 Å². The lowest BCUT2D eigenvalue weighted by Gasteiger charge is -2.32. The summed E-state index contributed by atoms with van der Waals surface area (Å²) < 4.78 is 0. The van der Waals surface area contributed by atoms with Gasteiger partial charge in [0, 0.05) is 0 Å². The molecule has 0 saturated carbocycles. The topological polar surface area (TPSA) is 26.0 Å². The van der Waals surface area contributed by atoms with E-state index in [1.165, 1.54) is 12.8 Å². The lowest BCUT2D eigenvalue weighted by molar-refractivity contribution is 0.190. The SMILES string of the molecule is CCC(C)(CC)C(C)CN. The van der Waals surface area contributed by atoms with Gasteiger partial charge in [0.25, 0.3) is 0 Å². The Balaban J connectivity index is 4.02. The van der Waals surface area contributed by atoms with E-state index in [1.807, 2.05) is 0 Å². The van der Waals surface area contributed by atoms with Crippen LogP contribution in [0.25, 0.3) is 0 Å². The molecular formula is C9H21N. The lowest BCUT2D eigenvalue weighted by atomic mass is 9.74. The Bertz CT molecular complexity index is 84.7. The first-order valence-corrected chi connectivity index (χ1v) is 4.30. The highest BCUT2D eigenvalue weighted by atomic mass is 14.6. The van der Waals surface area contributed by atoms with Gasteiger partial charge in [0.15, 0.2) is 0 Å². The van der Waals surface area contributed by atoms with Gasteiger partial charge in [-0.25, -0.2) is 0 Å². The van der Waals surface area contributed by atoms with E-state index < -0.39 is 0 Å². The van der Waals surface area contributed by atoms with Gasteiger partial charge >= 0.3 is 0 Å². The van der Waals surface area contributed by atoms with Crippen LogP contribution in [0.3, 0.4) is 0 Å². The van der Waals surface area contributed by atoms with Crippen molar-refractivity contribution in [1.29, 1.82) is 0 Å². The first-order chi connectivity index (χ1) is 4.60. The third-order valence-electron chi connectivity index (χ3n) is 3.16. The van der Waals surface area contributed by atoms with Crippen LogP contribution < -0.4 is 5.73 Å². The van der Waals surface area contributed by atoms with Gasteiger partial charge in [0.1, 0.15) is 0 Å². The summed E-state index contributed by atoms with van der Waals surface area (Å²) in [4.78, 5) is 0. The molecule has 0 aliphatic carbocycles. The second-order valence-corrected chi connectivity index (χ2v) is 3.50. The predicted molar refractivity (Wildman–Crippen MR) is 46.9 cm³/mol. The van der Waals surface area contributed by atoms with E-state index in [9.17, 15) is 0 Å². The number of rotatable bonds is 4. The van der Waals surface area contributed by atoms with Gasteiger partial charge in [-0.2, -0.15) is 0 Å². The molecule has 0 aliphatic rings. The Hall–Kier alpha value is -0.0400. The number of nitrogens with two attached hydrogens (primary N) is 1. The maximum Gasteiger partial charge on any atom is -0.00463 e. The van der Waals surface area contributed by atoms with E-state index in [-0.39, 0.29) is 0 Å². The summed E-state index contributed by atoms with van der Waals surface area (Å²) in [6, 6.07) is 0. The van der Waals surface area contributed by atoms with Crippen molar-refractivity contribution in [3.8, 4) is 0 Å². The van der Waals surface area contributed by atoms with Crippen molar-refractivity contribution in [3.63, 3.8) is 0 Å². The predicted octanol–water partition coefficient (Wildman–Crippen LogP) is 2.41. The second-order valence-electron chi connectivity index (χ2n) is 3.50. The minimum absolute atomic E-state index is 0.467. The number of hydrogen-bond donors (Lipinski definition) is 1. The van der Waals surface area contributed by atoms with Gasteiger partial charge in [-0.3, -0.25) is 0 Å². The normalized spacial score (nSPS) is 15.3. The quantitative estimate of drug-likeness (QED) is 0.642. The van der Waals surface area contributed by atoms with Gasteiger partial charge in [-0.15, -0.1) is 0 Å². The van der Waals surface area contributed by atoms with E-state index in [1.54, 1.807) is 0 Å². The molecule has 0 spiro atoms. The molecule has 0 fully saturated rings. The molecule has 1 heteroatoms. The molecule has 62 valence electrons. The van der Waals surface area contributed by atoms with Crippen LogP contribution >= 0.6 is 0 Å². The summed E-state index contributed by atoms with van der Waals surface area (Å²) in [6.07, 6.45) is 2.48. The van der Waals surface area contributed by atoms with Crippen molar-refractivity contribution < 1.29 is 0 Å². The summed E-state index contributed by atoms with van der Waals surface area (Å²) in [5.41, 5.74) is 6.08. The van der Waals surface area contributed by atoms with Crippen LogP contribution in [0.2, 0.25) is 0 Å². The molecule has 0 heterocycles. The van der Waals surface area contributed by atoms with Gasteiger partial charge in [-0.1, -0.05) is 40.5 Å². The first-order valence-electron chi connectivity index (χ1n) is 4.30. The van der Waals surface area contributed by atoms with E-state index in [0.29, 0.717) is 11.3 Å². The summed E-state index contributed by atoms with van der Waals surface area (Å²) >= 11 is 0. The second kappa shape index (κ2) is 3.97. The molecule has 0 aliphatic heterocycles. The van der Waals surface area contributed by atoms with Crippen molar-refractivity contribution in [1.82, 2.24) is 0 Å². The molecule has 0 aromatic rings. The maximum atomic E-state index is 5.61. The molecule has 1 unspecified atom stereocenters. The smallest absolute Gasteiger partial charge is 0.00463 e. The van der Waals surface area contributed by atoms with Crippen LogP contribution in [0.1, 0.15) is 40.5 Å². The van der Waals surface area contributed by atoms with Crippen molar-refractivity contribution in [2.45, 2.75) is 40.5 Å². The van der Waals surface area contributed by atoms with Crippen LogP contribution in [0.5, 0.6) is 0 Å². The van der Waals surface area contributed by atoms with Crippen LogP contribution in [-0.4, -0.2) is 6.54 Å². The van der Waals surface area contributed by atoms with Gasteiger partial charge in [-0.05, 0) is 17.9 Å². The zero-order valence-electron chi connectivity index (χ0n) is 7.78. The number of hydrogen-bond acceptors (Lipinski definition) is 1. The Morgan fingerprint density at radius 1 is 1.30 bits per heavy atom. The molecule has 0 aromatic heterocycles. The average Bonchev–Trinajstić information content (AvgIpc) is 2.01. The van der Waals surface area contributed by atoms with Crippen molar-refractivity contribution in [3.05, 3.63) is 0 Å². The Morgan fingerprint density at radius 2 is 1.70 bits per heavy atom. The van der Waals surface area contributed by atoms with Crippen molar-refractivity contribution in [2.75, 3.05) is 6.54 Å². The fourth-order valence-corrected chi connectivity index (χ4v) is 1.23. The Kier molecular flexibility index (Phi) is 3.95. The van der Waals surface area contributed by atoms with Crippen molar-refractivity contribution >= 4 is 0 Å². The minimum Gasteiger partial charge on any atom is -0.330 e. The summed E-state index contributed by atoms with van der Waals surface area (Å²) in [6.45, 7) is 9.88. The summed E-state index contributed by atoms with van der Waals surface area (Å²) in [5, 5.41) is 0. The molecule has 10 heavy (non-hydrogen) atoms. The zero-order chi connectivity index (χ0) is 8.20. The van der Waals surface area contributed by atoms with Crippen LogP contribution in [-0.2, 0) is 0 Å². The Morgan fingerprint density at radius 3 is 1.80 bits per heavy atom. The third-order valence-corrected chi connectivity index (χ3v) is 3.16. The van der Waals surface area contributed by atoms with Crippen molar-refractivity contribution in [2.24, 2.45) is 17.1 Å². The monoisotopic (exact) mass is 143 g/mol. The van der Waals surface area contributed by atoms with E-state index in [4.69, 9.17) is 5.73 Å². The molecule has 2 N–H and O–H groups in total. The third kappa shape index (κ3) is 1.98. The Labute approximate surface area is 65.0 Å². The van der Waals surface area contributed by atoms with Crippen LogP contribution in [0, 0.1) is 11.3 Å². The van der Waals surface area contributed by atoms with Gasteiger partial charge < -0.3 is 5.73 Å². The molecule has 0 saturated heterocycles. The van der Waals surface area contributed by atoms with E-state index in [2.05, 4.69) is 27.7 Å². The largest absolute Gasteiger partial charge is 0.330 e. The average molecular weight is 143 g/mol. The molecule has 0 rings (SSSR count). The first kappa shape index (κ1) is 9.96. The van der Waals surface area contributed by atoms with Crippen LogP contribution in [0.15, 0.2) is 0 Å². The fraction of sp³-hybridized carbons (Fsp3) is 1.00. The molecule has 0 amide bonds. The molecule has 1 atom stereocenters. The van der Waals surface area contributed by atoms with Gasteiger partial charge in [0.2, 0.25) is 0 Å². The fourth-order valence-electron chi connectivity index (χ4n) is 1.23. The lowest BCUT2D eigenvalue weighted by Crippen LogP contribution is -2.29. The standard InChI is InChI=1S/C9H21N/c1-5-9(4,6-2)8(3)7-10/h8H,5-7,10H2,1-4H3. The zero-order valence-corrected chi connectivity index (χ0v) is 7.78. The minimum atomic E-state index is 0.467. The molecule has 0 aromatic carbocycles. The maximum absolute atomic E-state index is 5.61. The molecule has 1 nitrogen and oxygen atoms in total. The molecule has 0 bridgehead atoms. The highest BCUT2D eigenvalue weighted by Crippen LogP contribution is 2.33. The summed E-state index contributed by atoms with van der Waals surface area (Å²) in [5.74, 6) is 0.655. The highest BCUT2D eigenvalue weighted by molar-refractivity contribution is 4.77. The summed E-state index contributed by atoms with van der Waals surface area (Å²) in [7, 11) is 0.